The molecule has 3 rings (SSSR count). The second kappa shape index (κ2) is 4.31. The summed E-state index contributed by atoms with van der Waals surface area (Å²) in [5.41, 5.74) is 5.13. The Kier molecular flexibility index (Phi) is 2.77. The van der Waals surface area contributed by atoms with Crippen LogP contribution in [0.3, 0.4) is 0 Å². The van der Waals surface area contributed by atoms with Crippen molar-refractivity contribution in [3.05, 3.63) is 40.7 Å². The van der Waals surface area contributed by atoms with E-state index in [1.54, 1.807) is 0 Å². The minimum absolute atomic E-state index is 0.955. The van der Waals surface area contributed by atoms with Gasteiger partial charge in [-0.25, -0.2) is 0 Å². The van der Waals surface area contributed by atoms with Crippen LogP contribution in [-0.4, -0.2) is 0 Å². The van der Waals surface area contributed by atoms with Gasteiger partial charge < -0.3 is 4.42 Å². The SMILES string of the molecule is C/C(=C/c1cc2oc(C)cc2cc1C)CC1CC1. The molecule has 1 nitrogen and oxygen atoms in total. The Labute approximate surface area is 108 Å². The van der Waals surface area contributed by atoms with E-state index in [-0.39, 0.29) is 0 Å². The second-order valence-corrected chi connectivity index (χ2v) is 5.74. The third kappa shape index (κ3) is 2.35. The fraction of sp³-hybridized carbons (Fsp3) is 0.412. The Morgan fingerprint density at radius 3 is 2.78 bits per heavy atom. The van der Waals surface area contributed by atoms with Crippen molar-refractivity contribution >= 4 is 17.0 Å². The summed E-state index contributed by atoms with van der Waals surface area (Å²) in [5.74, 6) is 1.94. The molecule has 1 heteroatoms. The number of hydrogen-bond donors (Lipinski definition) is 0. The van der Waals surface area contributed by atoms with Crippen molar-refractivity contribution in [1.82, 2.24) is 0 Å². The zero-order valence-electron chi connectivity index (χ0n) is 11.4. The molecule has 0 spiro atoms. The normalized spacial score (nSPS) is 16.5. The summed E-state index contributed by atoms with van der Waals surface area (Å²) in [6, 6.07) is 6.50. The van der Waals surface area contributed by atoms with Gasteiger partial charge in [0.25, 0.3) is 0 Å². The Balaban J connectivity index is 1.96. The van der Waals surface area contributed by atoms with Crippen LogP contribution in [0.1, 0.15) is 43.1 Å². The van der Waals surface area contributed by atoms with Gasteiger partial charge >= 0.3 is 0 Å². The first-order valence-electron chi connectivity index (χ1n) is 6.80. The molecule has 0 saturated heterocycles. The zero-order chi connectivity index (χ0) is 12.7. The summed E-state index contributed by atoms with van der Waals surface area (Å²) in [4.78, 5) is 0. The van der Waals surface area contributed by atoms with E-state index < -0.39 is 0 Å². The van der Waals surface area contributed by atoms with Gasteiger partial charge in [-0.2, -0.15) is 0 Å². The van der Waals surface area contributed by atoms with Crippen molar-refractivity contribution in [2.45, 2.75) is 40.0 Å². The highest BCUT2D eigenvalue weighted by atomic mass is 16.3. The van der Waals surface area contributed by atoms with E-state index in [0.717, 1.165) is 17.3 Å². The monoisotopic (exact) mass is 240 g/mol. The molecule has 0 aliphatic heterocycles. The van der Waals surface area contributed by atoms with Crippen LogP contribution in [0.15, 0.2) is 28.2 Å². The number of fused-ring (bicyclic) bond motifs is 1. The van der Waals surface area contributed by atoms with Crippen LogP contribution in [0.5, 0.6) is 0 Å². The van der Waals surface area contributed by atoms with Crippen molar-refractivity contribution in [2.24, 2.45) is 5.92 Å². The molecule has 0 N–H and O–H groups in total. The maximum absolute atomic E-state index is 5.71. The summed E-state index contributed by atoms with van der Waals surface area (Å²) >= 11 is 0. The van der Waals surface area contributed by atoms with Crippen LogP contribution in [0.2, 0.25) is 0 Å². The number of furan rings is 1. The number of rotatable bonds is 3. The molecule has 94 valence electrons. The van der Waals surface area contributed by atoms with Gasteiger partial charge in [-0.05, 0) is 75.3 Å². The fourth-order valence-corrected chi connectivity index (χ4v) is 2.61. The summed E-state index contributed by atoms with van der Waals surface area (Å²) in [7, 11) is 0. The molecule has 0 radical (unpaired) electrons. The minimum atomic E-state index is 0.955. The number of benzene rings is 1. The molecule has 1 aromatic carbocycles. The van der Waals surface area contributed by atoms with E-state index in [1.165, 1.54) is 41.3 Å². The van der Waals surface area contributed by atoms with E-state index in [1.807, 2.05) is 6.92 Å². The van der Waals surface area contributed by atoms with E-state index in [2.05, 4.69) is 38.1 Å². The molecule has 1 fully saturated rings. The Hall–Kier alpha value is -1.50. The molecule has 1 heterocycles. The third-order valence-corrected chi connectivity index (χ3v) is 3.74. The van der Waals surface area contributed by atoms with Gasteiger partial charge in [0, 0.05) is 5.39 Å². The van der Waals surface area contributed by atoms with E-state index >= 15 is 0 Å². The zero-order valence-corrected chi connectivity index (χ0v) is 11.4. The third-order valence-electron chi connectivity index (χ3n) is 3.74. The van der Waals surface area contributed by atoms with Crippen LogP contribution < -0.4 is 0 Å². The molecular weight excluding hydrogens is 220 g/mol. The largest absolute Gasteiger partial charge is 0.461 e. The Morgan fingerprint density at radius 1 is 1.28 bits per heavy atom. The highest BCUT2D eigenvalue weighted by Crippen LogP contribution is 2.35. The van der Waals surface area contributed by atoms with Gasteiger partial charge in [-0.15, -0.1) is 0 Å². The van der Waals surface area contributed by atoms with Crippen molar-refractivity contribution < 1.29 is 4.42 Å². The van der Waals surface area contributed by atoms with E-state index in [4.69, 9.17) is 4.42 Å². The lowest BCUT2D eigenvalue weighted by Crippen LogP contribution is -1.84. The molecule has 0 atom stereocenters. The average molecular weight is 240 g/mol. The molecule has 0 amide bonds. The van der Waals surface area contributed by atoms with Gasteiger partial charge in [0.1, 0.15) is 11.3 Å². The quantitative estimate of drug-likeness (QED) is 0.713. The average Bonchev–Trinajstić information content (AvgIpc) is 3.01. The maximum Gasteiger partial charge on any atom is 0.134 e. The topological polar surface area (TPSA) is 13.1 Å². The molecule has 1 aromatic heterocycles. The van der Waals surface area contributed by atoms with Gasteiger partial charge in [-0.1, -0.05) is 11.6 Å². The first-order valence-corrected chi connectivity index (χ1v) is 6.80. The predicted octanol–water partition coefficient (Wildman–Crippen LogP) is 5.25. The molecule has 0 bridgehead atoms. The fourth-order valence-electron chi connectivity index (χ4n) is 2.61. The summed E-state index contributed by atoms with van der Waals surface area (Å²) < 4.78 is 5.71. The van der Waals surface area contributed by atoms with Crippen molar-refractivity contribution in [3.63, 3.8) is 0 Å². The first kappa shape index (κ1) is 11.6. The number of hydrogen-bond acceptors (Lipinski definition) is 1. The van der Waals surface area contributed by atoms with Gasteiger partial charge in [0.2, 0.25) is 0 Å². The van der Waals surface area contributed by atoms with Crippen molar-refractivity contribution in [3.8, 4) is 0 Å². The summed E-state index contributed by atoms with van der Waals surface area (Å²) in [5, 5.41) is 1.21. The van der Waals surface area contributed by atoms with Crippen molar-refractivity contribution in [1.29, 1.82) is 0 Å². The smallest absolute Gasteiger partial charge is 0.134 e. The minimum Gasteiger partial charge on any atom is -0.461 e. The molecular formula is C17H20O. The lowest BCUT2D eigenvalue weighted by Gasteiger charge is -2.04. The lowest BCUT2D eigenvalue weighted by atomic mass is 10.0. The van der Waals surface area contributed by atoms with Gasteiger partial charge in [0.15, 0.2) is 0 Å². The van der Waals surface area contributed by atoms with Crippen LogP contribution in [0, 0.1) is 19.8 Å². The Morgan fingerprint density at radius 2 is 2.06 bits per heavy atom. The molecule has 1 saturated carbocycles. The molecule has 18 heavy (non-hydrogen) atoms. The molecule has 1 aliphatic rings. The van der Waals surface area contributed by atoms with Crippen LogP contribution in [-0.2, 0) is 0 Å². The van der Waals surface area contributed by atoms with E-state index in [0.29, 0.717) is 0 Å². The summed E-state index contributed by atoms with van der Waals surface area (Å²) in [6.07, 6.45) is 6.42. The first-order chi connectivity index (χ1) is 8.61. The summed E-state index contributed by atoms with van der Waals surface area (Å²) in [6.45, 7) is 6.43. The van der Waals surface area contributed by atoms with Gasteiger partial charge in [-0.3, -0.25) is 0 Å². The van der Waals surface area contributed by atoms with Crippen LogP contribution >= 0.6 is 0 Å². The second-order valence-electron chi connectivity index (χ2n) is 5.74. The molecule has 2 aromatic rings. The molecule has 1 aliphatic carbocycles. The predicted molar refractivity (Wildman–Crippen MR) is 76.7 cm³/mol. The standard InChI is InChI=1S/C17H20O/c1-11(6-14-4-5-14)7-15-10-17-16(8-12(15)2)9-13(3)18-17/h7-10,14H,4-6H2,1-3H3/b11-7-. The number of allylic oxidation sites excluding steroid dienone is 1. The van der Waals surface area contributed by atoms with Gasteiger partial charge in [0.05, 0.1) is 0 Å². The maximum atomic E-state index is 5.71. The van der Waals surface area contributed by atoms with Crippen molar-refractivity contribution in [2.75, 3.05) is 0 Å². The number of aryl methyl sites for hydroxylation is 2. The van der Waals surface area contributed by atoms with Crippen LogP contribution in [0.25, 0.3) is 17.0 Å². The highest BCUT2D eigenvalue weighted by Gasteiger charge is 2.21. The Bertz CT molecular complexity index is 612. The molecule has 0 unspecified atom stereocenters. The lowest BCUT2D eigenvalue weighted by molar-refractivity contribution is 0.578. The van der Waals surface area contributed by atoms with Crippen LogP contribution in [0.4, 0.5) is 0 Å². The van der Waals surface area contributed by atoms with E-state index in [9.17, 15) is 0 Å². The highest BCUT2D eigenvalue weighted by molar-refractivity contribution is 5.82.